The molecule has 2 aromatic rings. The number of carbonyl (C=O) groups is 1. The van der Waals surface area contributed by atoms with Crippen LogP contribution in [0.5, 0.6) is 11.5 Å². The molecular formula is C24H33N3O4. The lowest BCUT2D eigenvalue weighted by molar-refractivity contribution is -0.126. The molecule has 0 spiro atoms. The molecular weight excluding hydrogens is 394 g/mol. The summed E-state index contributed by atoms with van der Waals surface area (Å²) in [5.74, 6) is 1.67. The largest absolute Gasteiger partial charge is 0.493 e. The zero-order chi connectivity index (χ0) is 22.1. The average Bonchev–Trinajstić information content (AvgIpc) is 2.79. The molecule has 3 rings (SSSR count). The van der Waals surface area contributed by atoms with Gasteiger partial charge in [0.2, 0.25) is 5.91 Å². The third-order valence-electron chi connectivity index (χ3n) is 5.55. The van der Waals surface area contributed by atoms with Crippen molar-refractivity contribution in [1.82, 2.24) is 15.2 Å². The van der Waals surface area contributed by atoms with Crippen LogP contribution in [0.3, 0.4) is 0 Å². The van der Waals surface area contributed by atoms with Crippen molar-refractivity contribution < 1.29 is 19.0 Å². The van der Waals surface area contributed by atoms with Crippen LogP contribution in [0.15, 0.2) is 42.6 Å². The lowest BCUT2D eigenvalue weighted by Gasteiger charge is -2.37. The van der Waals surface area contributed by atoms with Crippen molar-refractivity contribution in [3.8, 4) is 11.5 Å². The van der Waals surface area contributed by atoms with E-state index in [1.54, 1.807) is 13.3 Å². The first-order chi connectivity index (χ1) is 15.1. The van der Waals surface area contributed by atoms with Gasteiger partial charge < -0.3 is 19.5 Å². The van der Waals surface area contributed by atoms with Gasteiger partial charge in [0.25, 0.3) is 0 Å². The highest BCUT2D eigenvalue weighted by Crippen LogP contribution is 2.32. The van der Waals surface area contributed by atoms with E-state index in [0.717, 1.165) is 49.7 Å². The molecule has 2 atom stereocenters. The highest BCUT2D eigenvalue weighted by Gasteiger charge is 2.30. The molecule has 1 saturated heterocycles. The SMILES string of the molecule is CCOc1ccc(CN2CCC[C@H]([C@@H](NC(=O)COC)c3ccccn3)C2)cc1OC. The monoisotopic (exact) mass is 427 g/mol. The second kappa shape index (κ2) is 11.7. The van der Waals surface area contributed by atoms with Gasteiger partial charge in [-0.2, -0.15) is 0 Å². The van der Waals surface area contributed by atoms with E-state index in [1.807, 2.05) is 37.3 Å². The number of likely N-dealkylation sites (tertiary alicyclic amines) is 1. The standard InChI is InChI=1S/C24H33N3O4/c1-4-31-21-11-10-18(14-22(21)30-3)15-27-13-7-8-19(16-27)24(26-23(28)17-29-2)20-9-5-6-12-25-20/h5-6,9-12,14,19,24H,4,7-8,13,15-17H2,1-3H3,(H,26,28)/t19-,24+/m0/s1. The fraction of sp³-hybridized carbons (Fsp3) is 0.500. The summed E-state index contributed by atoms with van der Waals surface area (Å²) < 4.78 is 16.1. The number of pyridine rings is 1. The summed E-state index contributed by atoms with van der Waals surface area (Å²) in [6.45, 7) is 5.33. The number of amides is 1. The van der Waals surface area contributed by atoms with Crippen molar-refractivity contribution in [3.63, 3.8) is 0 Å². The fourth-order valence-electron chi connectivity index (χ4n) is 4.19. The number of hydrogen-bond acceptors (Lipinski definition) is 6. The Hall–Kier alpha value is -2.64. The molecule has 7 nitrogen and oxygen atoms in total. The van der Waals surface area contributed by atoms with Gasteiger partial charge in [-0.05, 0) is 62.1 Å². The second-order valence-electron chi connectivity index (χ2n) is 7.79. The number of benzene rings is 1. The first-order valence-corrected chi connectivity index (χ1v) is 10.9. The smallest absolute Gasteiger partial charge is 0.246 e. The number of carbonyl (C=O) groups excluding carboxylic acids is 1. The van der Waals surface area contributed by atoms with E-state index in [1.165, 1.54) is 12.7 Å². The van der Waals surface area contributed by atoms with Crippen molar-refractivity contribution in [1.29, 1.82) is 0 Å². The van der Waals surface area contributed by atoms with Crippen LogP contribution in [0.2, 0.25) is 0 Å². The Balaban J connectivity index is 1.72. The minimum absolute atomic E-state index is 0.0474. The van der Waals surface area contributed by atoms with Gasteiger partial charge in [0, 0.05) is 26.4 Å². The molecule has 168 valence electrons. The van der Waals surface area contributed by atoms with Gasteiger partial charge in [0.05, 0.1) is 25.5 Å². The van der Waals surface area contributed by atoms with Gasteiger partial charge in [-0.15, -0.1) is 0 Å². The van der Waals surface area contributed by atoms with Gasteiger partial charge in [0.1, 0.15) is 6.61 Å². The number of aromatic nitrogens is 1. The first-order valence-electron chi connectivity index (χ1n) is 10.9. The summed E-state index contributed by atoms with van der Waals surface area (Å²) in [5.41, 5.74) is 2.07. The average molecular weight is 428 g/mol. The van der Waals surface area contributed by atoms with Crippen molar-refractivity contribution in [3.05, 3.63) is 53.9 Å². The van der Waals surface area contributed by atoms with Gasteiger partial charge in [-0.3, -0.25) is 14.7 Å². The molecule has 1 aliphatic rings. The van der Waals surface area contributed by atoms with Crippen LogP contribution in [-0.2, 0) is 16.1 Å². The minimum atomic E-state index is -0.137. The predicted octanol–water partition coefficient (Wildman–Crippen LogP) is 3.20. The molecule has 0 radical (unpaired) electrons. The molecule has 1 N–H and O–H groups in total. The third kappa shape index (κ3) is 6.42. The molecule has 31 heavy (non-hydrogen) atoms. The topological polar surface area (TPSA) is 72.9 Å². The Morgan fingerprint density at radius 2 is 2.13 bits per heavy atom. The predicted molar refractivity (Wildman–Crippen MR) is 119 cm³/mol. The summed E-state index contributed by atoms with van der Waals surface area (Å²) in [6, 6.07) is 11.8. The zero-order valence-corrected chi connectivity index (χ0v) is 18.7. The quantitative estimate of drug-likeness (QED) is 0.628. The molecule has 0 bridgehead atoms. The number of rotatable bonds is 10. The number of ether oxygens (including phenoxy) is 3. The van der Waals surface area contributed by atoms with E-state index in [9.17, 15) is 4.79 Å². The fourth-order valence-corrected chi connectivity index (χ4v) is 4.19. The van der Waals surface area contributed by atoms with Crippen LogP contribution in [0.4, 0.5) is 0 Å². The van der Waals surface area contributed by atoms with E-state index in [4.69, 9.17) is 14.2 Å². The van der Waals surface area contributed by atoms with Crippen molar-refractivity contribution in [2.24, 2.45) is 5.92 Å². The van der Waals surface area contributed by atoms with Crippen LogP contribution in [0.1, 0.15) is 37.1 Å². The number of nitrogens with zero attached hydrogens (tertiary/aromatic N) is 2. The third-order valence-corrected chi connectivity index (χ3v) is 5.55. The highest BCUT2D eigenvalue weighted by molar-refractivity contribution is 5.77. The Bertz CT molecular complexity index is 831. The van der Waals surface area contributed by atoms with Crippen LogP contribution in [0.25, 0.3) is 0 Å². The summed E-state index contributed by atoms with van der Waals surface area (Å²) in [6.07, 6.45) is 3.89. The molecule has 1 amide bonds. The maximum Gasteiger partial charge on any atom is 0.246 e. The number of piperidine rings is 1. The number of nitrogens with one attached hydrogen (secondary N) is 1. The van der Waals surface area contributed by atoms with Crippen molar-refractivity contribution in [2.75, 3.05) is 40.5 Å². The Labute approximate surface area is 184 Å². The van der Waals surface area contributed by atoms with E-state index in [2.05, 4.69) is 21.3 Å². The molecule has 1 aromatic heterocycles. The van der Waals surface area contributed by atoms with E-state index >= 15 is 0 Å². The molecule has 2 heterocycles. The first kappa shape index (κ1) is 23.0. The van der Waals surface area contributed by atoms with Crippen LogP contribution >= 0.6 is 0 Å². The van der Waals surface area contributed by atoms with Crippen LogP contribution in [0, 0.1) is 5.92 Å². The Morgan fingerprint density at radius 3 is 2.84 bits per heavy atom. The maximum atomic E-state index is 12.3. The van der Waals surface area contributed by atoms with Gasteiger partial charge in [-0.25, -0.2) is 0 Å². The lowest BCUT2D eigenvalue weighted by Crippen LogP contribution is -2.43. The Kier molecular flexibility index (Phi) is 8.67. The summed E-state index contributed by atoms with van der Waals surface area (Å²) in [5, 5.41) is 3.14. The summed E-state index contributed by atoms with van der Waals surface area (Å²) >= 11 is 0. The van der Waals surface area contributed by atoms with Gasteiger partial charge >= 0.3 is 0 Å². The molecule has 0 saturated carbocycles. The minimum Gasteiger partial charge on any atom is -0.493 e. The maximum absolute atomic E-state index is 12.3. The molecule has 0 aliphatic carbocycles. The summed E-state index contributed by atoms with van der Waals surface area (Å²) in [4.78, 5) is 19.2. The second-order valence-corrected chi connectivity index (χ2v) is 7.79. The Morgan fingerprint density at radius 1 is 1.26 bits per heavy atom. The van der Waals surface area contributed by atoms with Gasteiger partial charge in [0.15, 0.2) is 11.5 Å². The molecule has 1 aromatic carbocycles. The molecule has 0 unspecified atom stereocenters. The lowest BCUT2D eigenvalue weighted by atomic mass is 9.88. The molecule has 1 fully saturated rings. The normalized spacial score (nSPS) is 17.7. The molecule has 1 aliphatic heterocycles. The zero-order valence-electron chi connectivity index (χ0n) is 18.7. The number of methoxy groups -OCH3 is 2. The van der Waals surface area contributed by atoms with E-state index < -0.39 is 0 Å². The van der Waals surface area contributed by atoms with E-state index in [0.29, 0.717) is 6.61 Å². The van der Waals surface area contributed by atoms with Crippen LogP contribution in [-0.4, -0.2) is 56.3 Å². The highest BCUT2D eigenvalue weighted by atomic mass is 16.5. The van der Waals surface area contributed by atoms with E-state index in [-0.39, 0.29) is 24.5 Å². The van der Waals surface area contributed by atoms with Crippen LogP contribution < -0.4 is 14.8 Å². The summed E-state index contributed by atoms with van der Waals surface area (Å²) in [7, 11) is 3.20. The van der Waals surface area contributed by atoms with Crippen molar-refractivity contribution >= 4 is 5.91 Å². The number of hydrogen-bond donors (Lipinski definition) is 1. The molecule has 7 heteroatoms. The van der Waals surface area contributed by atoms with Crippen molar-refractivity contribution in [2.45, 2.75) is 32.4 Å². The van der Waals surface area contributed by atoms with Gasteiger partial charge in [-0.1, -0.05) is 12.1 Å².